The molecule has 2 saturated heterocycles. The Kier molecular flexibility index (Phi) is 3.11. The summed E-state index contributed by atoms with van der Waals surface area (Å²) in [5.41, 5.74) is 0.0807. The lowest BCUT2D eigenvalue weighted by molar-refractivity contribution is 0.0696. The van der Waals surface area contributed by atoms with Gasteiger partial charge in [0.2, 0.25) is 0 Å². The van der Waals surface area contributed by atoms with Gasteiger partial charge in [0.1, 0.15) is 5.82 Å². The fourth-order valence-electron chi connectivity index (χ4n) is 3.26. The van der Waals surface area contributed by atoms with Crippen molar-refractivity contribution in [2.45, 2.75) is 43.9 Å². The summed E-state index contributed by atoms with van der Waals surface area (Å²) in [6, 6.07) is 2.04. The molecule has 2 unspecified atom stereocenters. The van der Waals surface area contributed by atoms with E-state index in [2.05, 4.69) is 9.88 Å². The normalized spacial score (nSPS) is 29.6. The number of rotatable bonds is 2. The lowest BCUT2D eigenvalue weighted by Gasteiger charge is -2.38. The van der Waals surface area contributed by atoms with Crippen molar-refractivity contribution in [1.29, 1.82) is 0 Å². The van der Waals surface area contributed by atoms with Crippen molar-refractivity contribution in [3.05, 3.63) is 22.8 Å². The highest BCUT2D eigenvalue weighted by atomic mass is 35.5. The molecular formula is C13H15ClN2O3. The quantitative estimate of drug-likeness (QED) is 0.867. The largest absolute Gasteiger partial charge is 0.478 e. The zero-order chi connectivity index (χ0) is 13.6. The van der Waals surface area contributed by atoms with Crippen molar-refractivity contribution >= 4 is 23.4 Å². The summed E-state index contributed by atoms with van der Waals surface area (Å²) < 4.78 is 0. The van der Waals surface area contributed by atoms with Crippen molar-refractivity contribution < 1.29 is 15.0 Å². The van der Waals surface area contributed by atoms with E-state index >= 15 is 0 Å². The molecule has 2 atom stereocenters. The second-order valence-electron chi connectivity index (χ2n) is 5.24. The maximum Gasteiger partial charge on any atom is 0.337 e. The molecule has 1 aromatic rings. The van der Waals surface area contributed by atoms with Gasteiger partial charge in [0.25, 0.3) is 0 Å². The second-order valence-corrected chi connectivity index (χ2v) is 5.65. The molecule has 102 valence electrons. The molecule has 5 nitrogen and oxygen atoms in total. The van der Waals surface area contributed by atoms with E-state index in [0.29, 0.717) is 5.82 Å². The van der Waals surface area contributed by atoms with Crippen LogP contribution in [0.1, 0.15) is 36.0 Å². The van der Waals surface area contributed by atoms with E-state index in [4.69, 9.17) is 16.7 Å². The standard InChI is InChI=1S/C13H15ClN2O3/c14-11-6-15-12(5-10(11)13(18)19)16-7-1-2-8(16)4-9(17)3-7/h5-9,17H,1-4H2,(H,18,19). The van der Waals surface area contributed by atoms with Crippen molar-refractivity contribution in [3.8, 4) is 0 Å². The molecule has 2 aliphatic rings. The molecular weight excluding hydrogens is 268 g/mol. The number of aliphatic hydroxyl groups excluding tert-OH is 1. The van der Waals surface area contributed by atoms with Crippen molar-refractivity contribution in [2.24, 2.45) is 0 Å². The number of aromatic carboxylic acids is 1. The minimum absolute atomic E-state index is 0.0807. The Morgan fingerprint density at radius 3 is 2.58 bits per heavy atom. The van der Waals surface area contributed by atoms with Crippen LogP contribution in [0, 0.1) is 0 Å². The van der Waals surface area contributed by atoms with Crippen LogP contribution in [-0.2, 0) is 0 Å². The van der Waals surface area contributed by atoms with Crippen LogP contribution in [0.4, 0.5) is 5.82 Å². The van der Waals surface area contributed by atoms with E-state index in [1.54, 1.807) is 0 Å². The van der Waals surface area contributed by atoms with Crippen LogP contribution in [0.5, 0.6) is 0 Å². The zero-order valence-electron chi connectivity index (χ0n) is 10.3. The summed E-state index contributed by atoms with van der Waals surface area (Å²) >= 11 is 5.84. The van der Waals surface area contributed by atoms with Crippen LogP contribution in [0.25, 0.3) is 0 Å². The van der Waals surface area contributed by atoms with Crippen LogP contribution >= 0.6 is 11.6 Å². The van der Waals surface area contributed by atoms with Crippen molar-refractivity contribution in [3.63, 3.8) is 0 Å². The number of halogens is 1. The van der Waals surface area contributed by atoms with Crippen LogP contribution in [-0.4, -0.2) is 39.4 Å². The van der Waals surface area contributed by atoms with Gasteiger partial charge in [-0.15, -0.1) is 0 Å². The van der Waals surface area contributed by atoms with Crippen LogP contribution in [0.3, 0.4) is 0 Å². The third kappa shape index (κ3) is 2.17. The summed E-state index contributed by atoms with van der Waals surface area (Å²) in [6.45, 7) is 0. The van der Waals surface area contributed by atoms with Gasteiger partial charge in [0.05, 0.1) is 16.7 Å². The molecule has 3 rings (SSSR count). The topological polar surface area (TPSA) is 73.7 Å². The number of carboxylic acids is 1. The third-order valence-electron chi connectivity index (χ3n) is 4.04. The number of carbonyl (C=O) groups is 1. The first-order chi connectivity index (χ1) is 9.06. The number of anilines is 1. The van der Waals surface area contributed by atoms with Gasteiger partial charge in [-0.25, -0.2) is 9.78 Å². The number of aromatic nitrogens is 1. The molecule has 0 aliphatic carbocycles. The average molecular weight is 283 g/mol. The maximum atomic E-state index is 11.1. The molecule has 2 N–H and O–H groups in total. The van der Waals surface area contributed by atoms with E-state index in [9.17, 15) is 9.90 Å². The highest BCUT2D eigenvalue weighted by Crippen LogP contribution is 2.39. The molecule has 6 heteroatoms. The number of aliphatic hydroxyl groups is 1. The molecule has 3 heterocycles. The molecule has 0 aromatic carbocycles. The minimum atomic E-state index is -1.04. The lowest BCUT2D eigenvalue weighted by atomic mass is 10.00. The number of fused-ring (bicyclic) bond motifs is 2. The second kappa shape index (κ2) is 4.65. The lowest BCUT2D eigenvalue weighted by Crippen LogP contribution is -2.45. The first kappa shape index (κ1) is 12.7. The smallest absolute Gasteiger partial charge is 0.337 e. The van der Waals surface area contributed by atoms with Gasteiger partial charge in [0.15, 0.2) is 0 Å². The summed E-state index contributed by atoms with van der Waals surface area (Å²) in [5, 5.41) is 19.0. The molecule has 2 bridgehead atoms. The van der Waals surface area contributed by atoms with E-state index in [1.807, 2.05) is 0 Å². The van der Waals surface area contributed by atoms with Gasteiger partial charge < -0.3 is 15.1 Å². The third-order valence-corrected chi connectivity index (χ3v) is 4.35. The van der Waals surface area contributed by atoms with E-state index in [0.717, 1.165) is 25.7 Å². The fraction of sp³-hybridized carbons (Fsp3) is 0.538. The highest BCUT2D eigenvalue weighted by Gasteiger charge is 2.41. The summed E-state index contributed by atoms with van der Waals surface area (Å²) in [5.74, 6) is -0.390. The minimum Gasteiger partial charge on any atom is -0.478 e. The highest BCUT2D eigenvalue weighted by molar-refractivity contribution is 6.33. The Labute approximate surface area is 115 Å². The number of nitrogens with zero attached hydrogens (tertiary/aromatic N) is 2. The van der Waals surface area contributed by atoms with Gasteiger partial charge in [-0.1, -0.05) is 11.6 Å². The Morgan fingerprint density at radius 1 is 1.37 bits per heavy atom. The average Bonchev–Trinajstić information content (AvgIpc) is 2.63. The van der Waals surface area contributed by atoms with Gasteiger partial charge in [-0.05, 0) is 31.7 Å². The first-order valence-corrected chi connectivity index (χ1v) is 6.79. The molecule has 2 aliphatic heterocycles. The number of pyridine rings is 1. The van der Waals surface area contributed by atoms with E-state index < -0.39 is 5.97 Å². The number of piperidine rings is 1. The molecule has 0 spiro atoms. The molecule has 2 fully saturated rings. The molecule has 1 aromatic heterocycles. The van der Waals surface area contributed by atoms with Gasteiger partial charge in [0, 0.05) is 18.3 Å². The Hall–Kier alpha value is -1.33. The van der Waals surface area contributed by atoms with Gasteiger partial charge in [-0.2, -0.15) is 0 Å². The molecule has 0 amide bonds. The van der Waals surface area contributed by atoms with Gasteiger partial charge in [-0.3, -0.25) is 0 Å². The Morgan fingerprint density at radius 2 is 2.00 bits per heavy atom. The summed E-state index contributed by atoms with van der Waals surface area (Å²) in [7, 11) is 0. The summed E-state index contributed by atoms with van der Waals surface area (Å²) in [6.07, 6.45) is 4.64. The van der Waals surface area contributed by atoms with Crippen LogP contribution < -0.4 is 4.90 Å². The zero-order valence-corrected chi connectivity index (χ0v) is 11.0. The predicted octanol–water partition coefficient (Wildman–Crippen LogP) is 1.93. The maximum absolute atomic E-state index is 11.1. The van der Waals surface area contributed by atoms with E-state index in [1.165, 1.54) is 12.3 Å². The summed E-state index contributed by atoms with van der Waals surface area (Å²) in [4.78, 5) is 17.5. The van der Waals surface area contributed by atoms with Crippen LogP contribution in [0.15, 0.2) is 12.3 Å². The molecule has 19 heavy (non-hydrogen) atoms. The predicted molar refractivity (Wildman–Crippen MR) is 70.7 cm³/mol. The number of hydrogen-bond acceptors (Lipinski definition) is 4. The van der Waals surface area contributed by atoms with Crippen molar-refractivity contribution in [1.82, 2.24) is 4.98 Å². The fourth-order valence-corrected chi connectivity index (χ4v) is 3.44. The molecule has 0 saturated carbocycles. The van der Waals surface area contributed by atoms with Gasteiger partial charge >= 0.3 is 5.97 Å². The Balaban J connectivity index is 1.95. The SMILES string of the molecule is O=C(O)c1cc(N2C3CCC2CC(O)C3)ncc1Cl. The van der Waals surface area contributed by atoms with Crippen LogP contribution in [0.2, 0.25) is 5.02 Å². The Bertz CT molecular complexity index is 509. The van der Waals surface area contributed by atoms with Crippen molar-refractivity contribution in [2.75, 3.05) is 4.90 Å². The monoisotopic (exact) mass is 282 g/mol. The van der Waals surface area contributed by atoms with E-state index in [-0.39, 0.29) is 28.8 Å². The number of hydrogen-bond donors (Lipinski definition) is 2. The molecule has 0 radical (unpaired) electrons. The number of carboxylic acid groups (broad SMARTS) is 1. The first-order valence-electron chi connectivity index (χ1n) is 6.41.